The highest BCUT2D eigenvalue weighted by Gasteiger charge is 2.21. The zero-order valence-corrected chi connectivity index (χ0v) is 12.9. The Morgan fingerprint density at radius 3 is 2.56 bits per heavy atom. The summed E-state index contributed by atoms with van der Waals surface area (Å²) in [5, 5.41) is 3.81. The smallest absolute Gasteiger partial charge is 0.0388 e. The van der Waals surface area contributed by atoms with Crippen LogP contribution in [0, 0.1) is 5.92 Å². The predicted molar refractivity (Wildman–Crippen MR) is 81.3 cm³/mol. The van der Waals surface area contributed by atoms with Crippen LogP contribution in [-0.4, -0.2) is 6.04 Å². The Hall–Kier alpha value is -0.340. The zero-order chi connectivity index (χ0) is 13.0. The molecule has 102 valence electrons. The molecule has 0 saturated heterocycles. The van der Waals surface area contributed by atoms with Crippen LogP contribution in [0.3, 0.4) is 0 Å². The van der Waals surface area contributed by atoms with Crippen molar-refractivity contribution >= 4 is 11.3 Å². The summed E-state index contributed by atoms with van der Waals surface area (Å²) in [6, 6.07) is 5.75. The maximum absolute atomic E-state index is 3.81. The Morgan fingerprint density at radius 1 is 1.22 bits per heavy atom. The van der Waals surface area contributed by atoms with Crippen LogP contribution in [-0.2, 0) is 6.42 Å². The van der Waals surface area contributed by atoms with Crippen LogP contribution < -0.4 is 5.32 Å². The van der Waals surface area contributed by atoms with Crippen LogP contribution >= 0.6 is 11.3 Å². The van der Waals surface area contributed by atoms with Crippen LogP contribution in [0.4, 0.5) is 0 Å². The van der Waals surface area contributed by atoms with Crippen LogP contribution in [0.2, 0.25) is 0 Å². The van der Waals surface area contributed by atoms with Gasteiger partial charge in [0, 0.05) is 21.8 Å². The summed E-state index contributed by atoms with van der Waals surface area (Å²) in [5.41, 5.74) is 0. The van der Waals surface area contributed by atoms with E-state index in [0.29, 0.717) is 12.1 Å². The normalized spacial score (nSPS) is 20.8. The molecule has 0 radical (unpaired) electrons. The minimum atomic E-state index is 0.507. The molecule has 0 aromatic carbocycles. The molecule has 0 bridgehead atoms. The van der Waals surface area contributed by atoms with Crippen molar-refractivity contribution in [2.45, 2.75) is 71.4 Å². The van der Waals surface area contributed by atoms with E-state index in [-0.39, 0.29) is 0 Å². The quantitative estimate of drug-likeness (QED) is 0.796. The summed E-state index contributed by atoms with van der Waals surface area (Å²) in [6.07, 6.45) is 8.32. The van der Waals surface area contributed by atoms with Gasteiger partial charge in [-0.1, -0.05) is 26.2 Å². The Balaban J connectivity index is 1.87. The van der Waals surface area contributed by atoms with Crippen molar-refractivity contribution in [2.75, 3.05) is 0 Å². The molecule has 1 N–H and O–H groups in total. The average molecular weight is 265 g/mol. The van der Waals surface area contributed by atoms with E-state index in [1.165, 1.54) is 41.9 Å². The topological polar surface area (TPSA) is 12.0 Å². The van der Waals surface area contributed by atoms with E-state index in [1.54, 1.807) is 0 Å². The van der Waals surface area contributed by atoms with E-state index in [1.807, 2.05) is 11.3 Å². The van der Waals surface area contributed by atoms with Gasteiger partial charge in [0.25, 0.3) is 0 Å². The molecule has 0 aliphatic heterocycles. The standard InChI is InChI=1S/C16H27NS/c1-4-15-10-11-16(18-15)13(3)17-12(2)14-8-6-5-7-9-14/h10-14,17H,4-9H2,1-3H3/t12-,13?/m1/s1. The van der Waals surface area contributed by atoms with Crippen molar-refractivity contribution in [2.24, 2.45) is 5.92 Å². The molecular weight excluding hydrogens is 238 g/mol. The van der Waals surface area contributed by atoms with Crippen molar-refractivity contribution in [1.29, 1.82) is 0 Å². The molecule has 1 heterocycles. The van der Waals surface area contributed by atoms with Gasteiger partial charge in [-0.3, -0.25) is 0 Å². The third kappa shape index (κ3) is 3.58. The zero-order valence-electron chi connectivity index (χ0n) is 12.0. The van der Waals surface area contributed by atoms with E-state index in [4.69, 9.17) is 0 Å². The molecule has 1 aliphatic rings. The predicted octanol–water partition coefficient (Wildman–Crippen LogP) is 4.93. The molecule has 0 spiro atoms. The summed E-state index contributed by atoms with van der Waals surface area (Å²) < 4.78 is 0. The van der Waals surface area contributed by atoms with Gasteiger partial charge in [0.05, 0.1) is 0 Å². The fourth-order valence-electron chi connectivity index (χ4n) is 3.06. The van der Waals surface area contributed by atoms with Crippen molar-refractivity contribution in [3.8, 4) is 0 Å². The van der Waals surface area contributed by atoms with E-state index in [2.05, 4.69) is 38.2 Å². The SMILES string of the molecule is CCc1ccc(C(C)N[C@H](C)C2CCCCC2)s1. The number of thiophene rings is 1. The van der Waals surface area contributed by atoms with Gasteiger partial charge in [-0.2, -0.15) is 0 Å². The second-order valence-electron chi connectivity index (χ2n) is 5.73. The summed E-state index contributed by atoms with van der Waals surface area (Å²) in [4.78, 5) is 3.00. The van der Waals surface area contributed by atoms with Gasteiger partial charge in [0.2, 0.25) is 0 Å². The highest BCUT2D eigenvalue weighted by Crippen LogP contribution is 2.29. The molecule has 1 unspecified atom stereocenters. The Kier molecular flexibility index (Phi) is 5.25. The largest absolute Gasteiger partial charge is 0.307 e. The first kappa shape index (κ1) is 14.1. The first-order chi connectivity index (χ1) is 8.70. The molecule has 18 heavy (non-hydrogen) atoms. The van der Waals surface area contributed by atoms with Crippen LogP contribution in [0.15, 0.2) is 12.1 Å². The minimum absolute atomic E-state index is 0.507. The molecule has 1 aromatic rings. The lowest BCUT2D eigenvalue weighted by molar-refractivity contribution is 0.269. The average Bonchev–Trinajstić information content (AvgIpc) is 2.88. The lowest BCUT2D eigenvalue weighted by Gasteiger charge is -2.30. The number of aryl methyl sites for hydroxylation is 1. The second-order valence-corrected chi connectivity index (χ2v) is 6.93. The first-order valence-electron chi connectivity index (χ1n) is 7.55. The highest BCUT2D eigenvalue weighted by atomic mass is 32.1. The molecule has 0 amide bonds. The lowest BCUT2D eigenvalue weighted by Crippen LogP contribution is -2.36. The van der Waals surface area contributed by atoms with Gasteiger partial charge in [-0.25, -0.2) is 0 Å². The minimum Gasteiger partial charge on any atom is -0.307 e. The summed E-state index contributed by atoms with van der Waals surface area (Å²) in [5.74, 6) is 0.895. The first-order valence-corrected chi connectivity index (χ1v) is 8.37. The van der Waals surface area contributed by atoms with Gasteiger partial charge >= 0.3 is 0 Å². The van der Waals surface area contributed by atoms with E-state index in [0.717, 1.165) is 12.3 Å². The number of hydrogen-bond donors (Lipinski definition) is 1. The molecular formula is C16H27NS. The van der Waals surface area contributed by atoms with Gasteiger partial charge in [0.15, 0.2) is 0 Å². The monoisotopic (exact) mass is 265 g/mol. The molecule has 1 aliphatic carbocycles. The Morgan fingerprint density at radius 2 is 1.94 bits per heavy atom. The van der Waals surface area contributed by atoms with Crippen molar-refractivity contribution in [1.82, 2.24) is 5.32 Å². The van der Waals surface area contributed by atoms with Crippen molar-refractivity contribution in [3.63, 3.8) is 0 Å². The third-order valence-corrected chi connectivity index (χ3v) is 5.74. The number of nitrogens with one attached hydrogen (secondary N) is 1. The highest BCUT2D eigenvalue weighted by molar-refractivity contribution is 7.12. The molecule has 2 atom stereocenters. The van der Waals surface area contributed by atoms with Gasteiger partial charge in [0.1, 0.15) is 0 Å². The molecule has 1 nitrogen and oxygen atoms in total. The number of hydrogen-bond acceptors (Lipinski definition) is 2. The van der Waals surface area contributed by atoms with E-state index < -0.39 is 0 Å². The van der Waals surface area contributed by atoms with Crippen LogP contribution in [0.1, 0.15) is 68.7 Å². The Labute approximate surface area is 116 Å². The molecule has 2 heteroatoms. The van der Waals surface area contributed by atoms with E-state index >= 15 is 0 Å². The maximum Gasteiger partial charge on any atom is 0.0388 e. The van der Waals surface area contributed by atoms with Crippen LogP contribution in [0.25, 0.3) is 0 Å². The molecule has 2 rings (SSSR count). The third-order valence-electron chi connectivity index (χ3n) is 4.33. The fraction of sp³-hybridized carbons (Fsp3) is 0.750. The van der Waals surface area contributed by atoms with Crippen molar-refractivity contribution in [3.05, 3.63) is 21.9 Å². The van der Waals surface area contributed by atoms with Crippen molar-refractivity contribution < 1.29 is 0 Å². The maximum atomic E-state index is 3.81. The summed E-state index contributed by atoms with van der Waals surface area (Å²) >= 11 is 1.97. The molecule has 1 aromatic heterocycles. The van der Waals surface area contributed by atoms with Gasteiger partial charge < -0.3 is 5.32 Å². The fourth-order valence-corrected chi connectivity index (χ4v) is 4.03. The Bertz CT molecular complexity index is 352. The molecule has 1 fully saturated rings. The second kappa shape index (κ2) is 6.72. The van der Waals surface area contributed by atoms with Gasteiger partial charge in [-0.15, -0.1) is 11.3 Å². The summed E-state index contributed by atoms with van der Waals surface area (Å²) in [7, 11) is 0. The van der Waals surface area contributed by atoms with Gasteiger partial charge in [-0.05, 0) is 51.2 Å². The summed E-state index contributed by atoms with van der Waals surface area (Å²) in [6.45, 7) is 6.92. The number of rotatable bonds is 5. The van der Waals surface area contributed by atoms with Crippen LogP contribution in [0.5, 0.6) is 0 Å². The lowest BCUT2D eigenvalue weighted by atomic mass is 9.84. The molecule has 1 saturated carbocycles. The van der Waals surface area contributed by atoms with E-state index in [9.17, 15) is 0 Å².